The number of ether oxygens (including phenoxy) is 1. The van der Waals surface area contributed by atoms with Crippen molar-refractivity contribution in [3.05, 3.63) is 60.4 Å². The van der Waals surface area contributed by atoms with Gasteiger partial charge in [0.05, 0.1) is 18.5 Å². The highest BCUT2D eigenvalue weighted by Gasteiger charge is 2.12. The van der Waals surface area contributed by atoms with Crippen LogP contribution < -0.4 is 10.5 Å². The Kier molecular flexibility index (Phi) is 3.31. The number of halogens is 1. The zero-order valence-corrected chi connectivity index (χ0v) is 11.5. The molecular weight excluding hydrogens is 269 g/mol. The zero-order chi connectivity index (χ0) is 14.8. The molecular formula is C16H14FN3O. The van der Waals surface area contributed by atoms with Crippen molar-refractivity contribution in [2.24, 2.45) is 0 Å². The quantitative estimate of drug-likeness (QED) is 0.802. The molecule has 0 fully saturated rings. The van der Waals surface area contributed by atoms with Crippen LogP contribution in [-0.4, -0.2) is 16.9 Å². The molecule has 1 heterocycles. The molecule has 4 nitrogen and oxygen atoms in total. The van der Waals surface area contributed by atoms with Crippen molar-refractivity contribution in [3.8, 4) is 22.7 Å². The van der Waals surface area contributed by atoms with Crippen LogP contribution in [0.15, 0.2) is 54.6 Å². The number of methoxy groups -OCH3 is 1. The maximum absolute atomic E-state index is 13.0. The van der Waals surface area contributed by atoms with E-state index < -0.39 is 0 Å². The van der Waals surface area contributed by atoms with Gasteiger partial charge in [0.1, 0.15) is 17.4 Å². The minimum atomic E-state index is -0.297. The lowest BCUT2D eigenvalue weighted by molar-refractivity contribution is 0.416. The van der Waals surface area contributed by atoms with Gasteiger partial charge in [-0.15, -0.1) is 0 Å². The van der Waals surface area contributed by atoms with Crippen LogP contribution in [0.5, 0.6) is 5.75 Å². The minimum Gasteiger partial charge on any atom is -0.496 e. The molecule has 106 valence electrons. The van der Waals surface area contributed by atoms with Gasteiger partial charge >= 0.3 is 0 Å². The van der Waals surface area contributed by atoms with Gasteiger partial charge in [-0.1, -0.05) is 12.1 Å². The first kappa shape index (κ1) is 13.2. The molecule has 3 aromatic rings. The van der Waals surface area contributed by atoms with Gasteiger partial charge in [0.25, 0.3) is 0 Å². The van der Waals surface area contributed by atoms with Crippen LogP contribution in [-0.2, 0) is 0 Å². The van der Waals surface area contributed by atoms with Gasteiger partial charge in [-0.2, -0.15) is 5.10 Å². The van der Waals surface area contributed by atoms with Crippen molar-refractivity contribution in [1.29, 1.82) is 0 Å². The molecule has 1 aromatic heterocycles. The molecule has 0 aliphatic heterocycles. The number of rotatable bonds is 3. The van der Waals surface area contributed by atoms with E-state index in [1.54, 1.807) is 30.0 Å². The van der Waals surface area contributed by atoms with Crippen LogP contribution in [0.25, 0.3) is 16.9 Å². The smallest absolute Gasteiger partial charge is 0.128 e. The maximum atomic E-state index is 13.0. The maximum Gasteiger partial charge on any atom is 0.128 e. The second-order valence-electron chi connectivity index (χ2n) is 4.54. The highest BCUT2D eigenvalue weighted by Crippen LogP contribution is 2.30. The minimum absolute atomic E-state index is 0.297. The van der Waals surface area contributed by atoms with Crippen molar-refractivity contribution < 1.29 is 9.13 Å². The van der Waals surface area contributed by atoms with E-state index >= 15 is 0 Å². The fourth-order valence-corrected chi connectivity index (χ4v) is 2.17. The van der Waals surface area contributed by atoms with E-state index in [4.69, 9.17) is 10.5 Å². The lowest BCUT2D eigenvalue weighted by Crippen LogP contribution is -2.01. The Morgan fingerprint density at radius 1 is 1.10 bits per heavy atom. The first-order chi connectivity index (χ1) is 10.2. The zero-order valence-electron chi connectivity index (χ0n) is 11.5. The van der Waals surface area contributed by atoms with Crippen molar-refractivity contribution in [3.63, 3.8) is 0 Å². The standard InChI is InChI=1S/C16H14FN3O/c1-21-15-5-3-2-4-13(15)14-10-16(18)20(19-14)12-8-6-11(17)7-9-12/h2-10H,18H2,1H3. The summed E-state index contributed by atoms with van der Waals surface area (Å²) in [5.41, 5.74) is 8.27. The Hall–Kier alpha value is -2.82. The number of hydrogen-bond acceptors (Lipinski definition) is 3. The summed E-state index contributed by atoms with van der Waals surface area (Å²) in [6.07, 6.45) is 0. The van der Waals surface area contributed by atoms with E-state index in [1.807, 2.05) is 24.3 Å². The van der Waals surface area contributed by atoms with Crippen molar-refractivity contribution in [1.82, 2.24) is 9.78 Å². The molecule has 0 aliphatic rings. The molecule has 0 bridgehead atoms. The van der Waals surface area contributed by atoms with Crippen LogP contribution in [0.4, 0.5) is 10.2 Å². The van der Waals surface area contributed by atoms with E-state index in [0.717, 1.165) is 11.3 Å². The van der Waals surface area contributed by atoms with Crippen LogP contribution in [0.3, 0.4) is 0 Å². The third-order valence-electron chi connectivity index (χ3n) is 3.19. The highest BCUT2D eigenvalue weighted by molar-refractivity contribution is 5.69. The molecule has 2 aromatic carbocycles. The largest absolute Gasteiger partial charge is 0.496 e. The lowest BCUT2D eigenvalue weighted by Gasteiger charge is -2.05. The van der Waals surface area contributed by atoms with E-state index in [0.29, 0.717) is 17.2 Å². The summed E-state index contributed by atoms with van der Waals surface area (Å²) in [6.45, 7) is 0. The third-order valence-corrected chi connectivity index (χ3v) is 3.19. The number of hydrogen-bond donors (Lipinski definition) is 1. The lowest BCUT2D eigenvalue weighted by atomic mass is 10.1. The number of anilines is 1. The first-order valence-corrected chi connectivity index (χ1v) is 6.44. The van der Waals surface area contributed by atoms with E-state index in [1.165, 1.54) is 12.1 Å². The number of para-hydroxylation sites is 1. The second kappa shape index (κ2) is 5.28. The second-order valence-corrected chi connectivity index (χ2v) is 4.54. The molecule has 0 atom stereocenters. The molecule has 2 N–H and O–H groups in total. The van der Waals surface area contributed by atoms with Crippen molar-refractivity contribution in [2.75, 3.05) is 12.8 Å². The highest BCUT2D eigenvalue weighted by atomic mass is 19.1. The molecule has 0 amide bonds. The van der Waals surface area contributed by atoms with Gasteiger partial charge in [0, 0.05) is 11.6 Å². The van der Waals surface area contributed by atoms with E-state index in [-0.39, 0.29) is 5.82 Å². The van der Waals surface area contributed by atoms with Gasteiger partial charge in [-0.05, 0) is 36.4 Å². The summed E-state index contributed by atoms with van der Waals surface area (Å²) in [4.78, 5) is 0. The summed E-state index contributed by atoms with van der Waals surface area (Å²) in [5.74, 6) is 0.901. The summed E-state index contributed by atoms with van der Waals surface area (Å²) in [6, 6.07) is 15.3. The molecule has 0 radical (unpaired) electrons. The number of nitrogen functional groups attached to an aromatic ring is 1. The van der Waals surface area contributed by atoms with Crippen LogP contribution in [0, 0.1) is 5.82 Å². The predicted molar refractivity (Wildman–Crippen MR) is 79.9 cm³/mol. The molecule has 0 aliphatic carbocycles. The molecule has 5 heteroatoms. The number of benzene rings is 2. The molecule has 21 heavy (non-hydrogen) atoms. The third kappa shape index (κ3) is 2.45. The van der Waals surface area contributed by atoms with Crippen LogP contribution >= 0.6 is 0 Å². The Morgan fingerprint density at radius 2 is 1.81 bits per heavy atom. The van der Waals surface area contributed by atoms with Crippen LogP contribution in [0.1, 0.15) is 0 Å². The molecule has 0 spiro atoms. The van der Waals surface area contributed by atoms with Gasteiger partial charge in [-0.25, -0.2) is 9.07 Å². The Bertz CT molecular complexity index is 765. The average Bonchev–Trinajstić information content (AvgIpc) is 2.90. The summed E-state index contributed by atoms with van der Waals surface area (Å²) >= 11 is 0. The Morgan fingerprint density at radius 3 is 2.52 bits per heavy atom. The van der Waals surface area contributed by atoms with E-state index in [2.05, 4.69) is 5.10 Å². The number of nitrogens with zero attached hydrogens (tertiary/aromatic N) is 2. The Labute approximate surface area is 121 Å². The normalized spacial score (nSPS) is 10.6. The number of nitrogens with two attached hydrogens (primary N) is 1. The molecule has 0 saturated heterocycles. The average molecular weight is 283 g/mol. The predicted octanol–water partition coefficient (Wildman–Crippen LogP) is 3.27. The van der Waals surface area contributed by atoms with Crippen molar-refractivity contribution in [2.45, 2.75) is 0 Å². The van der Waals surface area contributed by atoms with Gasteiger partial charge in [0.2, 0.25) is 0 Å². The summed E-state index contributed by atoms with van der Waals surface area (Å²) in [7, 11) is 1.61. The molecule has 0 saturated carbocycles. The fourth-order valence-electron chi connectivity index (χ4n) is 2.17. The molecule has 3 rings (SSSR count). The van der Waals surface area contributed by atoms with Gasteiger partial charge < -0.3 is 10.5 Å². The molecule has 0 unspecified atom stereocenters. The topological polar surface area (TPSA) is 53.1 Å². The van der Waals surface area contributed by atoms with E-state index in [9.17, 15) is 4.39 Å². The monoisotopic (exact) mass is 283 g/mol. The SMILES string of the molecule is COc1ccccc1-c1cc(N)n(-c2ccc(F)cc2)n1. The first-order valence-electron chi connectivity index (χ1n) is 6.44. The summed E-state index contributed by atoms with van der Waals surface area (Å²) < 4.78 is 19.9. The van der Waals surface area contributed by atoms with Crippen LogP contribution in [0.2, 0.25) is 0 Å². The Balaban J connectivity index is 2.07. The van der Waals surface area contributed by atoms with Crippen molar-refractivity contribution >= 4 is 5.82 Å². The summed E-state index contributed by atoms with van der Waals surface area (Å²) in [5, 5.41) is 4.48. The fraction of sp³-hybridized carbons (Fsp3) is 0.0625. The van der Waals surface area contributed by atoms with Gasteiger partial charge in [-0.3, -0.25) is 0 Å². The van der Waals surface area contributed by atoms with Gasteiger partial charge in [0.15, 0.2) is 0 Å². The number of aromatic nitrogens is 2.